The van der Waals surface area contributed by atoms with Crippen molar-refractivity contribution in [2.24, 2.45) is 0 Å². The molecule has 0 fully saturated rings. The van der Waals surface area contributed by atoms with E-state index in [4.69, 9.17) is 5.73 Å². The summed E-state index contributed by atoms with van der Waals surface area (Å²) >= 11 is 0. The van der Waals surface area contributed by atoms with E-state index in [9.17, 15) is 0 Å². The molecular formula is C14H16N2. The number of benzene rings is 2. The maximum absolute atomic E-state index is 5.99. The summed E-state index contributed by atoms with van der Waals surface area (Å²) in [5, 5.41) is 0. The van der Waals surface area contributed by atoms with Crippen LogP contribution in [0.15, 0.2) is 48.5 Å². The Labute approximate surface area is 96.3 Å². The van der Waals surface area contributed by atoms with Gasteiger partial charge in [0.25, 0.3) is 0 Å². The summed E-state index contributed by atoms with van der Waals surface area (Å²) in [6.07, 6.45) is 0. The lowest BCUT2D eigenvalue weighted by Crippen LogP contribution is -2.11. The van der Waals surface area contributed by atoms with Crippen LogP contribution in [0.5, 0.6) is 0 Å². The molecule has 82 valence electrons. The zero-order valence-electron chi connectivity index (χ0n) is 9.64. The molecule has 0 amide bonds. The van der Waals surface area contributed by atoms with Crippen molar-refractivity contribution in [2.75, 3.05) is 17.7 Å². The van der Waals surface area contributed by atoms with Gasteiger partial charge in [0.1, 0.15) is 0 Å². The largest absolute Gasteiger partial charge is 0.397 e. The van der Waals surface area contributed by atoms with E-state index in [2.05, 4.69) is 30.0 Å². The van der Waals surface area contributed by atoms with Gasteiger partial charge < -0.3 is 10.6 Å². The van der Waals surface area contributed by atoms with E-state index >= 15 is 0 Å². The Bertz CT molecular complexity index is 477. The fraction of sp³-hybridized carbons (Fsp3) is 0.143. The molecular weight excluding hydrogens is 196 g/mol. The van der Waals surface area contributed by atoms with Crippen LogP contribution in [0.1, 0.15) is 5.56 Å². The second-order valence-corrected chi connectivity index (χ2v) is 3.96. The first kappa shape index (κ1) is 10.6. The Morgan fingerprint density at radius 1 is 1.00 bits per heavy atom. The Morgan fingerprint density at radius 2 is 1.69 bits per heavy atom. The molecule has 16 heavy (non-hydrogen) atoms. The first-order valence-electron chi connectivity index (χ1n) is 5.33. The molecule has 0 aliphatic rings. The van der Waals surface area contributed by atoms with Gasteiger partial charge in [0, 0.05) is 12.7 Å². The predicted molar refractivity (Wildman–Crippen MR) is 70.1 cm³/mol. The van der Waals surface area contributed by atoms with Crippen LogP contribution in [0.3, 0.4) is 0 Å². The number of nitrogens with zero attached hydrogens (tertiary/aromatic N) is 1. The first-order valence-corrected chi connectivity index (χ1v) is 5.33. The van der Waals surface area contributed by atoms with Crippen LogP contribution in [0, 0.1) is 6.92 Å². The number of anilines is 3. The lowest BCUT2D eigenvalue weighted by molar-refractivity contribution is 1.20. The van der Waals surface area contributed by atoms with Crippen molar-refractivity contribution in [1.82, 2.24) is 0 Å². The lowest BCUT2D eigenvalue weighted by Gasteiger charge is -2.21. The van der Waals surface area contributed by atoms with E-state index in [0.717, 1.165) is 17.1 Å². The van der Waals surface area contributed by atoms with Crippen LogP contribution >= 0.6 is 0 Å². The van der Waals surface area contributed by atoms with E-state index in [1.165, 1.54) is 5.56 Å². The minimum Gasteiger partial charge on any atom is -0.397 e. The van der Waals surface area contributed by atoms with Crippen LogP contribution in [0.4, 0.5) is 17.1 Å². The molecule has 0 heterocycles. The number of para-hydroxylation sites is 1. The number of rotatable bonds is 2. The maximum Gasteiger partial charge on any atom is 0.0644 e. The molecule has 0 unspecified atom stereocenters. The summed E-state index contributed by atoms with van der Waals surface area (Å²) in [7, 11) is 2.03. The minimum atomic E-state index is 0.803. The highest BCUT2D eigenvalue weighted by Gasteiger charge is 2.06. The number of hydrogen-bond acceptors (Lipinski definition) is 2. The van der Waals surface area contributed by atoms with Gasteiger partial charge in [-0.1, -0.05) is 24.3 Å². The topological polar surface area (TPSA) is 29.3 Å². The Hall–Kier alpha value is -1.96. The summed E-state index contributed by atoms with van der Waals surface area (Å²) < 4.78 is 0. The Balaban J connectivity index is 2.41. The third kappa shape index (κ3) is 2.01. The average molecular weight is 212 g/mol. The zero-order chi connectivity index (χ0) is 11.5. The van der Waals surface area contributed by atoms with Crippen molar-refractivity contribution in [3.8, 4) is 0 Å². The molecule has 0 saturated heterocycles. The SMILES string of the molecule is Cc1ccc(N)c(N(C)c2ccccc2)c1. The van der Waals surface area contributed by atoms with Gasteiger partial charge >= 0.3 is 0 Å². The molecule has 0 bridgehead atoms. The van der Waals surface area contributed by atoms with E-state index < -0.39 is 0 Å². The maximum atomic E-state index is 5.99. The molecule has 0 saturated carbocycles. The molecule has 0 atom stereocenters. The van der Waals surface area contributed by atoms with E-state index in [1.807, 2.05) is 37.4 Å². The lowest BCUT2D eigenvalue weighted by atomic mass is 10.1. The first-order chi connectivity index (χ1) is 7.68. The molecule has 2 heteroatoms. The normalized spacial score (nSPS) is 10.1. The van der Waals surface area contributed by atoms with E-state index in [1.54, 1.807) is 0 Å². The van der Waals surface area contributed by atoms with Crippen molar-refractivity contribution < 1.29 is 0 Å². The van der Waals surface area contributed by atoms with Gasteiger partial charge in [-0.2, -0.15) is 0 Å². The highest BCUT2D eigenvalue weighted by atomic mass is 15.1. The molecule has 0 aliphatic carbocycles. The van der Waals surface area contributed by atoms with E-state index in [-0.39, 0.29) is 0 Å². The fourth-order valence-corrected chi connectivity index (χ4v) is 1.73. The smallest absolute Gasteiger partial charge is 0.0644 e. The van der Waals surface area contributed by atoms with Gasteiger partial charge in [0.05, 0.1) is 11.4 Å². The van der Waals surface area contributed by atoms with Crippen LogP contribution in [-0.2, 0) is 0 Å². The van der Waals surface area contributed by atoms with Crippen molar-refractivity contribution in [2.45, 2.75) is 6.92 Å². The number of aryl methyl sites for hydroxylation is 1. The standard InChI is InChI=1S/C14H16N2/c1-11-8-9-13(15)14(10-11)16(2)12-6-4-3-5-7-12/h3-10H,15H2,1-2H3. The fourth-order valence-electron chi connectivity index (χ4n) is 1.73. The summed E-state index contributed by atoms with van der Waals surface area (Å²) in [5.41, 5.74) is 10.2. The number of nitrogens with two attached hydrogens (primary N) is 1. The van der Waals surface area contributed by atoms with E-state index in [0.29, 0.717) is 0 Å². The zero-order valence-corrected chi connectivity index (χ0v) is 9.64. The number of nitrogen functional groups attached to an aromatic ring is 1. The third-order valence-corrected chi connectivity index (χ3v) is 2.69. The second-order valence-electron chi connectivity index (χ2n) is 3.96. The Kier molecular flexibility index (Phi) is 2.82. The van der Waals surface area contributed by atoms with Crippen molar-refractivity contribution >= 4 is 17.1 Å². The molecule has 2 aromatic rings. The molecule has 2 rings (SSSR count). The van der Waals surface area contributed by atoms with Crippen molar-refractivity contribution in [1.29, 1.82) is 0 Å². The Morgan fingerprint density at radius 3 is 2.38 bits per heavy atom. The van der Waals surface area contributed by atoms with Crippen molar-refractivity contribution in [3.05, 3.63) is 54.1 Å². The molecule has 0 aromatic heterocycles. The minimum absolute atomic E-state index is 0.803. The van der Waals surface area contributed by atoms with Gasteiger partial charge in [-0.25, -0.2) is 0 Å². The molecule has 0 radical (unpaired) electrons. The molecule has 2 nitrogen and oxygen atoms in total. The molecule has 0 spiro atoms. The van der Waals surface area contributed by atoms with Crippen molar-refractivity contribution in [3.63, 3.8) is 0 Å². The van der Waals surface area contributed by atoms with Gasteiger partial charge in [-0.05, 0) is 36.8 Å². The van der Waals surface area contributed by atoms with Crippen LogP contribution in [-0.4, -0.2) is 7.05 Å². The second kappa shape index (κ2) is 4.27. The molecule has 2 N–H and O–H groups in total. The quantitative estimate of drug-likeness (QED) is 0.773. The monoisotopic (exact) mass is 212 g/mol. The number of hydrogen-bond donors (Lipinski definition) is 1. The van der Waals surface area contributed by atoms with Gasteiger partial charge in [0.2, 0.25) is 0 Å². The summed E-state index contributed by atoms with van der Waals surface area (Å²) in [4.78, 5) is 2.10. The molecule has 2 aromatic carbocycles. The van der Waals surface area contributed by atoms with Gasteiger partial charge in [-0.3, -0.25) is 0 Å². The summed E-state index contributed by atoms with van der Waals surface area (Å²) in [6.45, 7) is 2.07. The van der Waals surface area contributed by atoms with Crippen LogP contribution < -0.4 is 10.6 Å². The predicted octanol–water partition coefficient (Wildman–Crippen LogP) is 3.35. The van der Waals surface area contributed by atoms with Gasteiger partial charge in [0.15, 0.2) is 0 Å². The molecule has 0 aliphatic heterocycles. The van der Waals surface area contributed by atoms with Crippen LogP contribution in [0.25, 0.3) is 0 Å². The summed E-state index contributed by atoms with van der Waals surface area (Å²) in [6, 6.07) is 16.3. The summed E-state index contributed by atoms with van der Waals surface area (Å²) in [5.74, 6) is 0. The van der Waals surface area contributed by atoms with Gasteiger partial charge in [-0.15, -0.1) is 0 Å². The highest BCUT2D eigenvalue weighted by molar-refractivity contribution is 5.74. The third-order valence-electron chi connectivity index (χ3n) is 2.69. The highest BCUT2D eigenvalue weighted by Crippen LogP contribution is 2.29. The average Bonchev–Trinajstić information content (AvgIpc) is 2.32. The van der Waals surface area contributed by atoms with Crippen LogP contribution in [0.2, 0.25) is 0 Å².